The van der Waals surface area contributed by atoms with Gasteiger partial charge in [0.1, 0.15) is 12.0 Å². The molecule has 0 saturated heterocycles. The first-order chi connectivity index (χ1) is 13.0. The molecule has 0 amide bonds. The summed E-state index contributed by atoms with van der Waals surface area (Å²) in [7, 11) is 2.87. The summed E-state index contributed by atoms with van der Waals surface area (Å²) in [6.07, 6.45) is -1.02. The van der Waals surface area contributed by atoms with Crippen LogP contribution in [0.4, 0.5) is 0 Å². The minimum atomic E-state index is -1.13. The number of aliphatic carboxylic acids is 1. The first kappa shape index (κ1) is 17.0. The summed E-state index contributed by atoms with van der Waals surface area (Å²) >= 11 is 0. The molecule has 2 aromatic carbocycles. The number of rotatable bonds is 4. The van der Waals surface area contributed by atoms with Gasteiger partial charge in [-0.1, -0.05) is 6.07 Å². The van der Waals surface area contributed by atoms with E-state index in [0.29, 0.717) is 34.1 Å². The van der Waals surface area contributed by atoms with Gasteiger partial charge in [-0.2, -0.15) is 0 Å². The second kappa shape index (κ2) is 6.39. The van der Waals surface area contributed by atoms with Crippen LogP contribution < -0.4 is 18.9 Å². The molecule has 0 fully saturated rings. The number of methoxy groups -OCH3 is 2. The molecule has 2 aliphatic heterocycles. The molecule has 0 spiro atoms. The minimum absolute atomic E-state index is 0.0887. The van der Waals surface area contributed by atoms with Gasteiger partial charge >= 0.3 is 11.9 Å². The van der Waals surface area contributed by atoms with Crippen LogP contribution >= 0.6 is 0 Å². The molecule has 0 aliphatic carbocycles. The molecule has 2 aromatic rings. The smallest absolute Gasteiger partial charge is 0.339 e. The van der Waals surface area contributed by atoms with Crippen molar-refractivity contribution in [3.05, 3.63) is 47.0 Å². The van der Waals surface area contributed by atoms with E-state index >= 15 is 0 Å². The van der Waals surface area contributed by atoms with E-state index in [1.165, 1.54) is 26.4 Å². The van der Waals surface area contributed by atoms with Crippen LogP contribution in [0.3, 0.4) is 0 Å². The van der Waals surface area contributed by atoms with Gasteiger partial charge in [0.15, 0.2) is 23.0 Å². The number of cyclic esters (lactones) is 1. The topological polar surface area (TPSA) is 101 Å². The van der Waals surface area contributed by atoms with Crippen molar-refractivity contribution >= 4 is 11.9 Å². The van der Waals surface area contributed by atoms with Crippen molar-refractivity contribution in [3.8, 4) is 23.0 Å². The number of hydrogen-bond acceptors (Lipinski definition) is 7. The summed E-state index contributed by atoms with van der Waals surface area (Å²) < 4.78 is 26.6. The van der Waals surface area contributed by atoms with Crippen molar-refractivity contribution < 1.29 is 38.4 Å². The zero-order chi connectivity index (χ0) is 19.1. The lowest BCUT2D eigenvalue weighted by atomic mass is 9.83. The SMILES string of the molecule is COc1cc2c(cc1OC)[C@H](C(=O)O)[C@@H](c1ccc3c(c1)OCO3)OC2=O. The van der Waals surface area contributed by atoms with Crippen LogP contribution in [0.15, 0.2) is 30.3 Å². The van der Waals surface area contributed by atoms with Crippen LogP contribution in [0, 0.1) is 0 Å². The molecule has 0 bridgehead atoms. The highest BCUT2D eigenvalue weighted by Crippen LogP contribution is 2.46. The molecule has 8 heteroatoms. The van der Waals surface area contributed by atoms with Crippen LogP contribution in [0.5, 0.6) is 23.0 Å². The van der Waals surface area contributed by atoms with Gasteiger partial charge in [0, 0.05) is 0 Å². The van der Waals surface area contributed by atoms with Gasteiger partial charge in [0.25, 0.3) is 0 Å². The van der Waals surface area contributed by atoms with Gasteiger partial charge in [0.05, 0.1) is 19.8 Å². The third-order valence-electron chi connectivity index (χ3n) is 4.64. The van der Waals surface area contributed by atoms with Crippen molar-refractivity contribution in [2.24, 2.45) is 0 Å². The van der Waals surface area contributed by atoms with Crippen LogP contribution in [0.2, 0.25) is 0 Å². The van der Waals surface area contributed by atoms with Gasteiger partial charge in [0.2, 0.25) is 6.79 Å². The molecule has 140 valence electrons. The zero-order valence-corrected chi connectivity index (χ0v) is 14.6. The predicted molar refractivity (Wildman–Crippen MR) is 90.6 cm³/mol. The highest BCUT2D eigenvalue weighted by Gasteiger charge is 2.42. The number of carbonyl (C=O) groups is 2. The number of fused-ring (bicyclic) bond motifs is 2. The lowest BCUT2D eigenvalue weighted by Crippen LogP contribution is -2.31. The van der Waals surface area contributed by atoms with Crippen LogP contribution in [-0.2, 0) is 9.53 Å². The zero-order valence-electron chi connectivity index (χ0n) is 14.6. The Kier molecular flexibility index (Phi) is 4.02. The Morgan fingerprint density at radius 1 is 1.07 bits per heavy atom. The van der Waals surface area contributed by atoms with E-state index in [1.807, 2.05) is 0 Å². The number of hydrogen-bond donors (Lipinski definition) is 1. The molecule has 2 heterocycles. The molecule has 1 N–H and O–H groups in total. The van der Waals surface area contributed by atoms with E-state index in [2.05, 4.69) is 0 Å². The number of carbonyl (C=O) groups excluding carboxylic acids is 1. The molecule has 0 unspecified atom stereocenters. The highest BCUT2D eigenvalue weighted by atomic mass is 16.7. The largest absolute Gasteiger partial charge is 0.493 e. The van der Waals surface area contributed by atoms with Crippen molar-refractivity contribution in [1.82, 2.24) is 0 Å². The second-order valence-electron chi connectivity index (χ2n) is 6.05. The van der Waals surface area contributed by atoms with Crippen molar-refractivity contribution in [1.29, 1.82) is 0 Å². The van der Waals surface area contributed by atoms with E-state index in [1.54, 1.807) is 18.2 Å². The standard InChI is InChI=1S/C19H16O8/c1-23-13-6-10-11(7-14(13)24-2)19(22)27-17(16(10)18(20)21)9-3-4-12-15(5-9)26-8-25-12/h3-7,16-17H,8H2,1-2H3,(H,20,21)/t16-,17+/m0/s1. The van der Waals surface area contributed by atoms with E-state index < -0.39 is 24.0 Å². The molecule has 0 aromatic heterocycles. The quantitative estimate of drug-likeness (QED) is 0.817. The van der Waals surface area contributed by atoms with Gasteiger partial charge in [-0.25, -0.2) is 4.79 Å². The average molecular weight is 372 g/mol. The van der Waals surface area contributed by atoms with E-state index in [0.717, 1.165) is 0 Å². The fraction of sp³-hybridized carbons (Fsp3) is 0.263. The highest BCUT2D eigenvalue weighted by molar-refractivity contribution is 5.97. The normalized spacial score (nSPS) is 19.9. The molecule has 0 radical (unpaired) electrons. The molecule has 27 heavy (non-hydrogen) atoms. The van der Waals surface area contributed by atoms with Crippen LogP contribution in [0.1, 0.15) is 33.5 Å². The fourth-order valence-electron chi connectivity index (χ4n) is 3.35. The Morgan fingerprint density at radius 3 is 2.48 bits per heavy atom. The number of carboxylic acids is 1. The summed E-state index contributed by atoms with van der Waals surface area (Å²) in [5.74, 6) is -1.19. The lowest BCUT2D eigenvalue weighted by molar-refractivity contribution is -0.142. The van der Waals surface area contributed by atoms with Crippen molar-refractivity contribution in [3.63, 3.8) is 0 Å². The number of esters is 1. The Balaban J connectivity index is 1.84. The first-order valence-electron chi connectivity index (χ1n) is 8.12. The maximum atomic E-state index is 12.6. The monoisotopic (exact) mass is 372 g/mol. The lowest BCUT2D eigenvalue weighted by Gasteiger charge is -2.31. The first-order valence-corrected chi connectivity index (χ1v) is 8.12. The Morgan fingerprint density at radius 2 is 1.78 bits per heavy atom. The molecular weight excluding hydrogens is 356 g/mol. The third kappa shape index (κ3) is 2.69. The van der Waals surface area contributed by atoms with Crippen LogP contribution in [0.25, 0.3) is 0 Å². The van der Waals surface area contributed by atoms with E-state index in [-0.39, 0.29) is 12.4 Å². The van der Waals surface area contributed by atoms with Crippen molar-refractivity contribution in [2.75, 3.05) is 21.0 Å². The summed E-state index contributed by atoms with van der Waals surface area (Å²) in [4.78, 5) is 24.6. The second-order valence-corrected chi connectivity index (χ2v) is 6.05. The summed E-state index contributed by atoms with van der Waals surface area (Å²) in [5, 5.41) is 9.87. The molecule has 2 aliphatic rings. The summed E-state index contributed by atoms with van der Waals surface area (Å²) in [6, 6.07) is 7.89. The maximum Gasteiger partial charge on any atom is 0.339 e. The third-order valence-corrected chi connectivity index (χ3v) is 4.64. The molecule has 2 atom stereocenters. The Labute approximate surface area is 154 Å². The molecule has 4 rings (SSSR count). The van der Waals surface area contributed by atoms with Gasteiger partial charge in [-0.15, -0.1) is 0 Å². The van der Waals surface area contributed by atoms with E-state index in [9.17, 15) is 14.7 Å². The Bertz CT molecular complexity index is 936. The number of benzene rings is 2. The number of ether oxygens (including phenoxy) is 5. The van der Waals surface area contributed by atoms with Crippen LogP contribution in [-0.4, -0.2) is 38.1 Å². The maximum absolute atomic E-state index is 12.6. The fourth-order valence-corrected chi connectivity index (χ4v) is 3.35. The minimum Gasteiger partial charge on any atom is -0.493 e. The Hall–Kier alpha value is -3.42. The summed E-state index contributed by atoms with van der Waals surface area (Å²) in [6.45, 7) is 0.0887. The molecule has 0 saturated carbocycles. The number of carboxylic acid groups (broad SMARTS) is 1. The van der Waals surface area contributed by atoms with Gasteiger partial charge < -0.3 is 28.8 Å². The summed E-state index contributed by atoms with van der Waals surface area (Å²) in [5.41, 5.74) is 0.941. The molecule has 8 nitrogen and oxygen atoms in total. The molecular formula is C19H16O8. The van der Waals surface area contributed by atoms with Crippen molar-refractivity contribution in [2.45, 2.75) is 12.0 Å². The van der Waals surface area contributed by atoms with E-state index in [4.69, 9.17) is 23.7 Å². The van der Waals surface area contributed by atoms with Gasteiger partial charge in [-0.05, 0) is 35.4 Å². The average Bonchev–Trinajstić information content (AvgIpc) is 3.14. The van der Waals surface area contributed by atoms with Gasteiger partial charge in [-0.3, -0.25) is 4.79 Å². The predicted octanol–water partition coefficient (Wildman–Crippen LogP) is 2.51.